The molecule has 1 rings (SSSR count). The number of alkyl halides is 2. The van der Waals surface area contributed by atoms with Crippen molar-refractivity contribution in [2.24, 2.45) is 0 Å². The number of hydrogen-bond acceptors (Lipinski definition) is 3. The van der Waals surface area contributed by atoms with Crippen molar-refractivity contribution in [1.29, 1.82) is 0 Å². The van der Waals surface area contributed by atoms with Crippen LogP contribution < -0.4 is 5.56 Å². The zero-order valence-corrected chi connectivity index (χ0v) is 7.92. The zero-order chi connectivity index (χ0) is 11.4. The van der Waals surface area contributed by atoms with Crippen LogP contribution in [-0.4, -0.2) is 18.1 Å². The van der Waals surface area contributed by atoms with Gasteiger partial charge in [-0.3, -0.25) is 9.59 Å². The predicted octanol–water partition coefficient (Wildman–Crippen LogP) is 1.03. The smallest absolute Gasteiger partial charge is 0.310 e. The third-order valence-electron chi connectivity index (χ3n) is 1.80. The molecular weight excluding hydrogens is 208 g/mol. The van der Waals surface area contributed by atoms with E-state index in [0.717, 1.165) is 6.07 Å². The molecule has 0 spiro atoms. The molecule has 0 aliphatic rings. The Balaban J connectivity index is 2.97. The molecule has 1 heterocycles. The van der Waals surface area contributed by atoms with Crippen molar-refractivity contribution in [2.45, 2.75) is 12.8 Å². The monoisotopic (exact) mass is 217 g/mol. The normalized spacial score (nSPS) is 10.4. The summed E-state index contributed by atoms with van der Waals surface area (Å²) < 4.78 is 28.9. The summed E-state index contributed by atoms with van der Waals surface area (Å²) in [6.07, 6.45) is -1.79. The van der Waals surface area contributed by atoms with Crippen LogP contribution in [0.1, 0.15) is 17.6 Å². The van der Waals surface area contributed by atoms with Crippen molar-refractivity contribution < 1.29 is 18.3 Å². The van der Waals surface area contributed by atoms with Crippen LogP contribution in [0.2, 0.25) is 0 Å². The fourth-order valence-corrected chi connectivity index (χ4v) is 1.05. The molecule has 0 fully saturated rings. The van der Waals surface area contributed by atoms with Gasteiger partial charge in [-0.2, -0.15) is 0 Å². The summed E-state index contributed by atoms with van der Waals surface area (Å²) in [7, 11) is 1.20. The van der Waals surface area contributed by atoms with Gasteiger partial charge in [0, 0.05) is 6.20 Å². The lowest BCUT2D eigenvalue weighted by Gasteiger charge is -2.02. The molecule has 6 heteroatoms. The number of esters is 1. The number of carbonyl (C=O) groups excluding carboxylic acids is 1. The maximum atomic E-state index is 12.3. The average molecular weight is 217 g/mol. The van der Waals surface area contributed by atoms with Gasteiger partial charge in [0.05, 0.1) is 19.1 Å². The number of aromatic amines is 1. The van der Waals surface area contributed by atoms with Crippen LogP contribution in [0.5, 0.6) is 0 Å². The van der Waals surface area contributed by atoms with Crippen LogP contribution in [0.4, 0.5) is 8.78 Å². The number of carbonyl (C=O) groups is 1. The zero-order valence-electron chi connectivity index (χ0n) is 7.92. The number of ether oxygens (including phenoxy) is 1. The molecule has 0 radical (unpaired) electrons. The number of aromatic nitrogens is 1. The molecular formula is C9H9F2NO3. The molecule has 0 aliphatic heterocycles. The second-order valence-electron chi connectivity index (χ2n) is 2.85. The number of hydrogen-bond donors (Lipinski definition) is 1. The van der Waals surface area contributed by atoms with Gasteiger partial charge < -0.3 is 9.72 Å². The van der Waals surface area contributed by atoms with E-state index in [1.165, 1.54) is 13.3 Å². The fourth-order valence-electron chi connectivity index (χ4n) is 1.05. The average Bonchev–Trinajstić information content (AvgIpc) is 2.20. The van der Waals surface area contributed by atoms with Crippen molar-refractivity contribution in [3.05, 3.63) is 33.7 Å². The molecule has 0 amide bonds. The van der Waals surface area contributed by atoms with Crippen LogP contribution in [0.3, 0.4) is 0 Å². The summed E-state index contributed by atoms with van der Waals surface area (Å²) >= 11 is 0. The number of nitrogens with one attached hydrogen (secondary N) is 1. The Morgan fingerprint density at radius 2 is 2.27 bits per heavy atom. The van der Waals surface area contributed by atoms with Crippen LogP contribution >= 0.6 is 0 Å². The third kappa shape index (κ3) is 2.87. The van der Waals surface area contributed by atoms with Crippen molar-refractivity contribution >= 4 is 5.97 Å². The maximum absolute atomic E-state index is 12.3. The highest BCUT2D eigenvalue weighted by atomic mass is 19.3. The molecule has 0 unspecified atom stereocenters. The number of pyridine rings is 1. The molecule has 1 aromatic heterocycles. The topological polar surface area (TPSA) is 59.2 Å². The molecule has 0 atom stereocenters. The Bertz CT molecular complexity index is 414. The predicted molar refractivity (Wildman–Crippen MR) is 47.7 cm³/mol. The molecule has 15 heavy (non-hydrogen) atoms. The molecule has 1 aromatic rings. The van der Waals surface area contributed by atoms with Crippen molar-refractivity contribution in [3.63, 3.8) is 0 Å². The number of methoxy groups -OCH3 is 1. The van der Waals surface area contributed by atoms with E-state index < -0.39 is 23.5 Å². The lowest BCUT2D eigenvalue weighted by molar-refractivity contribution is -0.139. The van der Waals surface area contributed by atoms with Gasteiger partial charge in [0.25, 0.3) is 12.0 Å². The standard InChI is InChI=1S/C9H9F2NO3/c1-15-7(13)3-5-2-6(8(10)11)9(14)12-4-5/h2,4,8H,3H2,1H3,(H,12,14). The minimum Gasteiger partial charge on any atom is -0.469 e. The van der Waals surface area contributed by atoms with Crippen LogP contribution in [-0.2, 0) is 16.0 Å². The highest BCUT2D eigenvalue weighted by molar-refractivity contribution is 5.72. The van der Waals surface area contributed by atoms with E-state index >= 15 is 0 Å². The van der Waals surface area contributed by atoms with Gasteiger partial charge in [-0.25, -0.2) is 8.78 Å². The van der Waals surface area contributed by atoms with Gasteiger partial charge >= 0.3 is 5.97 Å². The fraction of sp³-hybridized carbons (Fsp3) is 0.333. The summed E-state index contributed by atoms with van der Waals surface area (Å²) in [6, 6.07) is 1.00. The first-order chi connectivity index (χ1) is 7.04. The van der Waals surface area contributed by atoms with Crippen LogP contribution in [0.25, 0.3) is 0 Å². The molecule has 0 aromatic carbocycles. The quantitative estimate of drug-likeness (QED) is 0.769. The van der Waals surface area contributed by atoms with E-state index in [9.17, 15) is 18.4 Å². The second kappa shape index (κ2) is 4.68. The molecule has 1 N–H and O–H groups in total. The van der Waals surface area contributed by atoms with Gasteiger partial charge in [-0.1, -0.05) is 0 Å². The van der Waals surface area contributed by atoms with E-state index in [0.29, 0.717) is 0 Å². The van der Waals surface area contributed by atoms with Gasteiger partial charge in [0.1, 0.15) is 0 Å². The summed E-state index contributed by atoms with van der Waals surface area (Å²) in [5.41, 5.74) is -1.20. The Kier molecular flexibility index (Phi) is 3.54. The lowest BCUT2D eigenvalue weighted by Crippen LogP contribution is -2.14. The number of H-pyrrole nitrogens is 1. The second-order valence-corrected chi connectivity index (χ2v) is 2.85. The molecule has 82 valence electrons. The molecule has 4 nitrogen and oxygen atoms in total. The molecule has 0 saturated heterocycles. The summed E-state index contributed by atoms with van der Waals surface area (Å²) in [5, 5.41) is 0. The Labute approximate surface area is 83.9 Å². The Hall–Kier alpha value is -1.72. The van der Waals surface area contributed by atoms with E-state index in [1.807, 2.05) is 0 Å². The largest absolute Gasteiger partial charge is 0.469 e. The number of halogens is 2. The first kappa shape index (κ1) is 11.4. The van der Waals surface area contributed by atoms with Crippen LogP contribution in [0, 0.1) is 0 Å². The first-order valence-corrected chi connectivity index (χ1v) is 4.11. The lowest BCUT2D eigenvalue weighted by atomic mass is 10.1. The maximum Gasteiger partial charge on any atom is 0.310 e. The van der Waals surface area contributed by atoms with Gasteiger partial charge in [-0.05, 0) is 11.6 Å². The first-order valence-electron chi connectivity index (χ1n) is 4.11. The summed E-state index contributed by atoms with van der Waals surface area (Å²) in [4.78, 5) is 23.9. The van der Waals surface area contributed by atoms with E-state index in [1.54, 1.807) is 0 Å². The molecule has 0 bridgehead atoms. The number of rotatable bonds is 3. The van der Waals surface area contributed by atoms with Crippen molar-refractivity contribution in [3.8, 4) is 0 Å². The van der Waals surface area contributed by atoms with Gasteiger partial charge in [-0.15, -0.1) is 0 Å². The SMILES string of the molecule is COC(=O)Cc1c[nH]c(=O)c(C(F)F)c1. The molecule has 0 saturated carbocycles. The highest BCUT2D eigenvalue weighted by Crippen LogP contribution is 2.15. The van der Waals surface area contributed by atoms with Gasteiger partial charge in [0.2, 0.25) is 0 Å². The van der Waals surface area contributed by atoms with E-state index in [-0.39, 0.29) is 12.0 Å². The van der Waals surface area contributed by atoms with Crippen LogP contribution in [0.15, 0.2) is 17.1 Å². The third-order valence-corrected chi connectivity index (χ3v) is 1.80. The van der Waals surface area contributed by atoms with Gasteiger partial charge in [0.15, 0.2) is 0 Å². The van der Waals surface area contributed by atoms with Crippen molar-refractivity contribution in [1.82, 2.24) is 4.98 Å². The Morgan fingerprint density at radius 1 is 1.60 bits per heavy atom. The highest BCUT2D eigenvalue weighted by Gasteiger charge is 2.13. The minimum absolute atomic E-state index is 0.146. The molecule has 0 aliphatic carbocycles. The van der Waals surface area contributed by atoms with E-state index in [2.05, 4.69) is 9.72 Å². The van der Waals surface area contributed by atoms with Crippen molar-refractivity contribution in [2.75, 3.05) is 7.11 Å². The van der Waals surface area contributed by atoms with E-state index in [4.69, 9.17) is 0 Å². The Morgan fingerprint density at radius 3 is 2.80 bits per heavy atom. The summed E-state index contributed by atoms with van der Waals surface area (Å²) in [6.45, 7) is 0. The minimum atomic E-state index is -2.86. The summed E-state index contributed by atoms with van der Waals surface area (Å²) in [5.74, 6) is -0.553.